The van der Waals surface area contributed by atoms with Crippen molar-refractivity contribution >= 4 is 5.97 Å². The van der Waals surface area contributed by atoms with Gasteiger partial charge in [-0.2, -0.15) is 5.10 Å². The molecule has 0 saturated carbocycles. The number of rotatable bonds is 5. The first-order valence-electron chi connectivity index (χ1n) is 5.94. The van der Waals surface area contributed by atoms with Crippen LogP contribution in [0.1, 0.15) is 27.2 Å². The number of carbonyl (C=O) groups is 1. The predicted octanol–water partition coefficient (Wildman–Crippen LogP) is 2.08. The van der Waals surface area contributed by atoms with E-state index in [1.807, 2.05) is 31.2 Å². The highest BCUT2D eigenvalue weighted by Crippen LogP contribution is 2.11. The van der Waals surface area contributed by atoms with Gasteiger partial charge in [-0.05, 0) is 12.5 Å². The highest BCUT2D eigenvalue weighted by Gasteiger charge is 2.15. The number of hydrogen-bond donors (Lipinski definition) is 1. The monoisotopic (exact) mass is 260 g/mol. The Kier molecular flexibility index (Phi) is 3.97. The van der Waals surface area contributed by atoms with Crippen molar-refractivity contribution in [3.05, 3.63) is 52.8 Å². The van der Waals surface area contributed by atoms with Crippen LogP contribution in [0, 0.1) is 6.92 Å². The number of benzene rings is 1. The van der Waals surface area contributed by atoms with E-state index in [1.54, 1.807) is 4.68 Å². The Bertz CT molecular complexity index is 573. The van der Waals surface area contributed by atoms with Crippen LogP contribution in [0.25, 0.3) is 0 Å². The second kappa shape index (κ2) is 5.67. The molecule has 5 heteroatoms. The number of aromatic nitrogens is 2. The average molecular weight is 260 g/mol. The molecule has 1 aromatic carbocycles. The minimum Gasteiger partial charge on any atom is -0.478 e. The minimum absolute atomic E-state index is 0.189. The van der Waals surface area contributed by atoms with E-state index in [0.29, 0.717) is 12.2 Å². The highest BCUT2D eigenvalue weighted by atomic mass is 16.5. The Hall–Kier alpha value is -2.14. The third-order valence-electron chi connectivity index (χ3n) is 2.81. The molecule has 1 heterocycles. The first-order chi connectivity index (χ1) is 9.10. The first kappa shape index (κ1) is 13.3. The van der Waals surface area contributed by atoms with Crippen molar-refractivity contribution in [1.82, 2.24) is 9.78 Å². The standard InChI is InChI=1S/C14H16N2O3/c1-10-3-5-11(6-4-10)7-16-8-12(14(17)18)13(15-16)9-19-2/h3-6,8H,7,9H2,1-2H3,(H,17,18). The van der Waals surface area contributed by atoms with E-state index in [0.717, 1.165) is 5.56 Å². The van der Waals surface area contributed by atoms with E-state index in [1.165, 1.54) is 18.9 Å². The van der Waals surface area contributed by atoms with Crippen molar-refractivity contribution < 1.29 is 14.6 Å². The van der Waals surface area contributed by atoms with E-state index in [9.17, 15) is 4.79 Å². The van der Waals surface area contributed by atoms with Crippen LogP contribution in [-0.2, 0) is 17.9 Å². The zero-order valence-corrected chi connectivity index (χ0v) is 11.0. The Balaban J connectivity index is 2.23. The van der Waals surface area contributed by atoms with E-state index in [-0.39, 0.29) is 12.2 Å². The zero-order valence-electron chi connectivity index (χ0n) is 11.0. The van der Waals surface area contributed by atoms with E-state index in [4.69, 9.17) is 9.84 Å². The Morgan fingerprint density at radius 3 is 2.63 bits per heavy atom. The first-order valence-corrected chi connectivity index (χ1v) is 5.94. The number of nitrogens with zero attached hydrogens (tertiary/aromatic N) is 2. The highest BCUT2D eigenvalue weighted by molar-refractivity contribution is 5.88. The van der Waals surface area contributed by atoms with E-state index < -0.39 is 5.97 Å². The number of ether oxygens (including phenoxy) is 1. The summed E-state index contributed by atoms with van der Waals surface area (Å²) in [7, 11) is 1.52. The molecule has 0 aliphatic heterocycles. The zero-order chi connectivity index (χ0) is 13.8. The number of aromatic carboxylic acids is 1. The number of hydrogen-bond acceptors (Lipinski definition) is 3. The number of carboxylic acid groups (broad SMARTS) is 1. The maximum Gasteiger partial charge on any atom is 0.339 e. The van der Waals surface area contributed by atoms with Gasteiger partial charge >= 0.3 is 5.97 Å². The third kappa shape index (κ3) is 3.20. The molecule has 0 unspecified atom stereocenters. The summed E-state index contributed by atoms with van der Waals surface area (Å²) in [5, 5.41) is 13.3. The molecule has 0 fully saturated rings. The molecule has 0 aliphatic rings. The summed E-state index contributed by atoms with van der Waals surface area (Å²) in [5.74, 6) is -0.984. The molecule has 0 bridgehead atoms. The summed E-state index contributed by atoms with van der Waals surface area (Å²) >= 11 is 0. The molecule has 0 atom stereocenters. The normalized spacial score (nSPS) is 10.6. The van der Waals surface area contributed by atoms with Gasteiger partial charge in [-0.3, -0.25) is 4.68 Å². The fraction of sp³-hybridized carbons (Fsp3) is 0.286. The summed E-state index contributed by atoms with van der Waals surface area (Å²) in [6, 6.07) is 8.06. The van der Waals surface area contributed by atoms with Gasteiger partial charge in [-0.25, -0.2) is 4.79 Å². The molecular weight excluding hydrogens is 244 g/mol. The molecule has 5 nitrogen and oxygen atoms in total. The van der Waals surface area contributed by atoms with Gasteiger partial charge in [0.15, 0.2) is 0 Å². The smallest absolute Gasteiger partial charge is 0.339 e. The molecule has 0 radical (unpaired) electrons. The summed E-state index contributed by atoms with van der Waals surface area (Å²) in [6.07, 6.45) is 1.54. The molecule has 1 aromatic heterocycles. The van der Waals surface area contributed by atoms with Crippen molar-refractivity contribution in [2.24, 2.45) is 0 Å². The fourth-order valence-electron chi connectivity index (χ4n) is 1.84. The molecule has 2 aromatic rings. The maximum atomic E-state index is 11.1. The number of methoxy groups -OCH3 is 1. The summed E-state index contributed by atoms with van der Waals surface area (Å²) in [5.41, 5.74) is 2.90. The number of carboxylic acids is 1. The lowest BCUT2D eigenvalue weighted by Gasteiger charge is -2.02. The van der Waals surface area contributed by atoms with Crippen LogP contribution in [0.3, 0.4) is 0 Å². The lowest BCUT2D eigenvalue weighted by molar-refractivity contribution is 0.0691. The Morgan fingerprint density at radius 2 is 2.05 bits per heavy atom. The van der Waals surface area contributed by atoms with Crippen molar-refractivity contribution in [2.45, 2.75) is 20.1 Å². The van der Waals surface area contributed by atoms with Crippen LogP contribution in [0.15, 0.2) is 30.5 Å². The molecule has 100 valence electrons. The Morgan fingerprint density at radius 1 is 1.37 bits per heavy atom. The summed E-state index contributed by atoms with van der Waals surface area (Å²) < 4.78 is 6.59. The largest absolute Gasteiger partial charge is 0.478 e. The van der Waals surface area contributed by atoms with E-state index >= 15 is 0 Å². The lowest BCUT2D eigenvalue weighted by Crippen LogP contribution is -2.01. The predicted molar refractivity (Wildman–Crippen MR) is 70.2 cm³/mol. The van der Waals surface area contributed by atoms with Crippen molar-refractivity contribution in [3.8, 4) is 0 Å². The van der Waals surface area contributed by atoms with Gasteiger partial charge in [-0.15, -0.1) is 0 Å². The van der Waals surface area contributed by atoms with Crippen molar-refractivity contribution in [1.29, 1.82) is 0 Å². The van der Waals surface area contributed by atoms with Gasteiger partial charge in [0.2, 0.25) is 0 Å². The molecule has 0 saturated heterocycles. The van der Waals surface area contributed by atoms with Gasteiger partial charge in [0.1, 0.15) is 11.3 Å². The molecule has 2 rings (SSSR count). The molecule has 19 heavy (non-hydrogen) atoms. The molecule has 0 amide bonds. The average Bonchev–Trinajstić information content (AvgIpc) is 2.76. The quantitative estimate of drug-likeness (QED) is 0.894. The van der Waals surface area contributed by atoms with Gasteiger partial charge < -0.3 is 9.84 Å². The molecule has 1 N–H and O–H groups in total. The van der Waals surface area contributed by atoms with Gasteiger partial charge in [0.05, 0.1) is 13.2 Å². The summed E-state index contributed by atoms with van der Waals surface area (Å²) in [4.78, 5) is 11.1. The molecular formula is C14H16N2O3. The van der Waals surface area contributed by atoms with Crippen LogP contribution in [-0.4, -0.2) is 28.0 Å². The SMILES string of the molecule is COCc1nn(Cc2ccc(C)cc2)cc1C(=O)O. The topological polar surface area (TPSA) is 64.4 Å². The minimum atomic E-state index is -0.984. The third-order valence-corrected chi connectivity index (χ3v) is 2.81. The van der Waals surface area contributed by atoms with Gasteiger partial charge in [0.25, 0.3) is 0 Å². The Labute approximate surface area is 111 Å². The molecule has 0 aliphatic carbocycles. The number of aryl methyl sites for hydroxylation is 1. The van der Waals surface area contributed by atoms with Crippen LogP contribution in [0.2, 0.25) is 0 Å². The van der Waals surface area contributed by atoms with Crippen molar-refractivity contribution in [2.75, 3.05) is 7.11 Å². The van der Waals surface area contributed by atoms with Crippen LogP contribution < -0.4 is 0 Å². The van der Waals surface area contributed by atoms with E-state index in [2.05, 4.69) is 5.10 Å². The fourth-order valence-corrected chi connectivity index (χ4v) is 1.84. The summed E-state index contributed by atoms with van der Waals surface area (Å²) in [6.45, 7) is 2.77. The van der Waals surface area contributed by atoms with Crippen molar-refractivity contribution in [3.63, 3.8) is 0 Å². The van der Waals surface area contributed by atoms with Gasteiger partial charge in [0, 0.05) is 13.3 Å². The maximum absolute atomic E-state index is 11.1. The second-order valence-corrected chi connectivity index (χ2v) is 4.41. The van der Waals surface area contributed by atoms with Gasteiger partial charge in [-0.1, -0.05) is 29.8 Å². The lowest BCUT2D eigenvalue weighted by atomic mass is 10.1. The van der Waals surface area contributed by atoms with Crippen LogP contribution in [0.5, 0.6) is 0 Å². The van der Waals surface area contributed by atoms with Crippen LogP contribution >= 0.6 is 0 Å². The van der Waals surface area contributed by atoms with Crippen LogP contribution in [0.4, 0.5) is 0 Å². The second-order valence-electron chi connectivity index (χ2n) is 4.41. The molecule has 0 spiro atoms.